The second-order valence-corrected chi connectivity index (χ2v) is 1.89. The summed E-state index contributed by atoms with van der Waals surface area (Å²) in [6.45, 7) is 0. The van der Waals surface area contributed by atoms with Crippen molar-refractivity contribution in [1.29, 1.82) is 0 Å². The zero-order chi connectivity index (χ0) is 4.62. The standard InChI is InChI=1S/C4H8FN/c5-4(6)2-1-3-4/h1-3,6H2. The van der Waals surface area contributed by atoms with Gasteiger partial charge in [-0.3, -0.25) is 5.73 Å². The van der Waals surface area contributed by atoms with Crippen LogP contribution in [0.2, 0.25) is 0 Å². The Balaban J connectivity index is 2.31. The Labute approximate surface area is 36.3 Å². The molecule has 0 unspecified atom stereocenters. The van der Waals surface area contributed by atoms with Gasteiger partial charge in [-0.05, 0) is 19.3 Å². The van der Waals surface area contributed by atoms with Crippen molar-refractivity contribution >= 4 is 0 Å². The average molecular weight is 89.1 g/mol. The molecular formula is C4H8FN. The fourth-order valence-corrected chi connectivity index (χ4v) is 0.515. The highest BCUT2D eigenvalue weighted by molar-refractivity contribution is 4.80. The molecule has 1 saturated carbocycles. The summed E-state index contributed by atoms with van der Waals surface area (Å²) in [5.41, 5.74) is 4.95. The molecule has 2 heteroatoms. The quantitative estimate of drug-likeness (QED) is 0.436. The Morgan fingerprint density at radius 1 is 1.50 bits per heavy atom. The minimum Gasteiger partial charge on any atom is -0.299 e. The third kappa shape index (κ3) is 0.522. The van der Waals surface area contributed by atoms with Crippen molar-refractivity contribution in [3.63, 3.8) is 0 Å². The van der Waals surface area contributed by atoms with E-state index in [-0.39, 0.29) is 0 Å². The van der Waals surface area contributed by atoms with Crippen LogP contribution in [-0.2, 0) is 0 Å². The molecule has 0 amide bonds. The summed E-state index contributed by atoms with van der Waals surface area (Å²) >= 11 is 0. The molecule has 0 spiro atoms. The Morgan fingerprint density at radius 2 is 1.83 bits per heavy atom. The van der Waals surface area contributed by atoms with Crippen LogP contribution in [0.4, 0.5) is 4.39 Å². The molecule has 0 atom stereocenters. The SMILES string of the molecule is NC1(F)CCC1. The van der Waals surface area contributed by atoms with Crippen LogP contribution in [0.5, 0.6) is 0 Å². The van der Waals surface area contributed by atoms with Crippen molar-refractivity contribution in [3.8, 4) is 0 Å². The minimum absolute atomic E-state index is 0.562. The van der Waals surface area contributed by atoms with E-state index in [4.69, 9.17) is 5.73 Å². The Morgan fingerprint density at radius 3 is 1.83 bits per heavy atom. The van der Waals surface area contributed by atoms with Crippen LogP contribution in [0.1, 0.15) is 19.3 Å². The van der Waals surface area contributed by atoms with E-state index in [0.717, 1.165) is 6.42 Å². The van der Waals surface area contributed by atoms with Gasteiger partial charge in [0.1, 0.15) is 0 Å². The molecule has 1 fully saturated rings. The van der Waals surface area contributed by atoms with Crippen molar-refractivity contribution in [2.24, 2.45) is 5.73 Å². The largest absolute Gasteiger partial charge is 0.299 e. The third-order valence-corrected chi connectivity index (χ3v) is 1.18. The zero-order valence-corrected chi connectivity index (χ0v) is 3.58. The van der Waals surface area contributed by atoms with E-state index < -0.39 is 5.79 Å². The molecule has 0 aromatic carbocycles. The number of rotatable bonds is 0. The summed E-state index contributed by atoms with van der Waals surface area (Å²) in [5, 5.41) is 0. The van der Waals surface area contributed by atoms with Crippen molar-refractivity contribution in [2.45, 2.75) is 25.1 Å². The van der Waals surface area contributed by atoms with Crippen molar-refractivity contribution < 1.29 is 4.39 Å². The summed E-state index contributed by atoms with van der Waals surface area (Å²) < 4.78 is 12.0. The summed E-state index contributed by atoms with van der Waals surface area (Å²) in [4.78, 5) is 0. The van der Waals surface area contributed by atoms with Crippen molar-refractivity contribution in [3.05, 3.63) is 0 Å². The second kappa shape index (κ2) is 0.936. The average Bonchev–Trinajstić information content (AvgIpc) is 1.32. The van der Waals surface area contributed by atoms with Gasteiger partial charge in [-0.15, -0.1) is 0 Å². The lowest BCUT2D eigenvalue weighted by Gasteiger charge is -2.28. The van der Waals surface area contributed by atoms with Crippen LogP contribution < -0.4 is 5.73 Å². The van der Waals surface area contributed by atoms with Crippen LogP contribution in [0.25, 0.3) is 0 Å². The molecule has 0 heterocycles. The molecule has 0 bridgehead atoms. The summed E-state index contributed by atoms with van der Waals surface area (Å²) in [6, 6.07) is 0. The van der Waals surface area contributed by atoms with Crippen LogP contribution in [0.3, 0.4) is 0 Å². The van der Waals surface area contributed by atoms with Crippen LogP contribution in [-0.4, -0.2) is 5.79 Å². The highest BCUT2D eigenvalue weighted by Crippen LogP contribution is 2.29. The number of halogens is 1. The van der Waals surface area contributed by atoms with E-state index in [9.17, 15) is 4.39 Å². The van der Waals surface area contributed by atoms with Crippen LogP contribution >= 0.6 is 0 Å². The van der Waals surface area contributed by atoms with Gasteiger partial charge < -0.3 is 0 Å². The van der Waals surface area contributed by atoms with Gasteiger partial charge in [-0.25, -0.2) is 4.39 Å². The molecule has 1 aliphatic rings. The van der Waals surface area contributed by atoms with Gasteiger partial charge >= 0.3 is 0 Å². The summed E-state index contributed by atoms with van der Waals surface area (Å²) in [5.74, 6) is -1.28. The molecule has 1 rings (SSSR count). The lowest BCUT2D eigenvalue weighted by molar-refractivity contribution is 0.0715. The fraction of sp³-hybridized carbons (Fsp3) is 1.00. The number of hydrogen-bond donors (Lipinski definition) is 1. The first-order chi connectivity index (χ1) is 2.71. The van der Waals surface area contributed by atoms with Gasteiger partial charge in [-0.1, -0.05) is 0 Å². The summed E-state index contributed by atoms with van der Waals surface area (Å²) in [6.07, 6.45) is 2.09. The first kappa shape index (κ1) is 4.06. The topological polar surface area (TPSA) is 26.0 Å². The van der Waals surface area contributed by atoms with E-state index in [2.05, 4.69) is 0 Å². The maximum absolute atomic E-state index is 12.0. The first-order valence-corrected chi connectivity index (χ1v) is 2.18. The first-order valence-electron chi connectivity index (χ1n) is 2.18. The molecule has 1 nitrogen and oxygen atoms in total. The third-order valence-electron chi connectivity index (χ3n) is 1.18. The van der Waals surface area contributed by atoms with E-state index in [1.165, 1.54) is 0 Å². The molecule has 36 valence electrons. The molecule has 6 heavy (non-hydrogen) atoms. The van der Waals surface area contributed by atoms with E-state index in [1.807, 2.05) is 0 Å². The number of hydrogen-bond acceptors (Lipinski definition) is 1. The lowest BCUT2D eigenvalue weighted by atomic mass is 9.91. The normalized spacial score (nSPS) is 29.0. The van der Waals surface area contributed by atoms with Crippen molar-refractivity contribution in [2.75, 3.05) is 0 Å². The fourth-order valence-electron chi connectivity index (χ4n) is 0.515. The molecule has 0 aliphatic heterocycles. The Kier molecular flexibility index (Phi) is 0.634. The number of nitrogens with two attached hydrogens (primary N) is 1. The predicted octanol–water partition coefficient (Wildman–Crippen LogP) is 0.795. The monoisotopic (exact) mass is 89.1 g/mol. The van der Waals surface area contributed by atoms with Crippen LogP contribution in [0, 0.1) is 0 Å². The summed E-state index contributed by atoms with van der Waals surface area (Å²) in [7, 11) is 0. The Bertz CT molecular complexity index is 54.6. The lowest BCUT2D eigenvalue weighted by Crippen LogP contribution is -2.41. The zero-order valence-electron chi connectivity index (χ0n) is 3.58. The molecule has 0 saturated heterocycles. The second-order valence-electron chi connectivity index (χ2n) is 1.89. The predicted molar refractivity (Wildman–Crippen MR) is 21.9 cm³/mol. The Hall–Kier alpha value is -0.110. The highest BCUT2D eigenvalue weighted by Gasteiger charge is 2.31. The van der Waals surface area contributed by atoms with Crippen LogP contribution in [0.15, 0.2) is 0 Å². The molecule has 1 aliphatic carbocycles. The van der Waals surface area contributed by atoms with E-state index in [1.54, 1.807) is 0 Å². The van der Waals surface area contributed by atoms with Gasteiger partial charge in [0.15, 0.2) is 5.79 Å². The maximum atomic E-state index is 12.0. The van der Waals surface area contributed by atoms with Gasteiger partial charge in [0.05, 0.1) is 0 Å². The van der Waals surface area contributed by atoms with Gasteiger partial charge in [0.25, 0.3) is 0 Å². The minimum atomic E-state index is -1.28. The van der Waals surface area contributed by atoms with Crippen molar-refractivity contribution in [1.82, 2.24) is 0 Å². The molecular weight excluding hydrogens is 81.0 g/mol. The number of alkyl halides is 1. The molecule has 0 radical (unpaired) electrons. The molecule has 0 aromatic rings. The highest BCUT2D eigenvalue weighted by atomic mass is 19.1. The molecule has 0 aromatic heterocycles. The smallest absolute Gasteiger partial charge is 0.159 e. The van der Waals surface area contributed by atoms with Gasteiger partial charge in [-0.2, -0.15) is 0 Å². The maximum Gasteiger partial charge on any atom is 0.159 e. The van der Waals surface area contributed by atoms with Gasteiger partial charge in [0.2, 0.25) is 0 Å². The van der Waals surface area contributed by atoms with Gasteiger partial charge in [0, 0.05) is 0 Å². The van der Waals surface area contributed by atoms with E-state index in [0.29, 0.717) is 12.8 Å². The van der Waals surface area contributed by atoms with E-state index >= 15 is 0 Å². The molecule has 2 N–H and O–H groups in total.